The SMILES string of the molecule is O=C(O)C(F)(F)F.O=[N+]([O-])c1ccc(CN2CCOCC2)cc1NCC1CNCC1O. The van der Waals surface area contributed by atoms with Crippen LogP contribution in [-0.2, 0) is 16.1 Å². The van der Waals surface area contributed by atoms with Gasteiger partial charge in [-0.1, -0.05) is 6.07 Å². The number of hydrogen-bond donors (Lipinski definition) is 4. The number of nitro groups is 1. The van der Waals surface area contributed by atoms with Crippen LogP contribution in [0.3, 0.4) is 0 Å². The van der Waals surface area contributed by atoms with Crippen LogP contribution in [0.4, 0.5) is 24.5 Å². The van der Waals surface area contributed by atoms with Crippen molar-refractivity contribution in [1.29, 1.82) is 0 Å². The predicted octanol–water partition coefficient (Wildman–Crippen LogP) is 1.05. The van der Waals surface area contributed by atoms with E-state index in [0.29, 0.717) is 18.8 Å². The third kappa shape index (κ3) is 7.94. The summed E-state index contributed by atoms with van der Waals surface area (Å²) >= 11 is 0. The summed E-state index contributed by atoms with van der Waals surface area (Å²) < 4.78 is 37.1. The van der Waals surface area contributed by atoms with Gasteiger partial charge in [0.05, 0.1) is 24.2 Å². The molecule has 13 heteroatoms. The molecule has 0 amide bonds. The fourth-order valence-electron chi connectivity index (χ4n) is 3.17. The molecule has 1 aromatic rings. The second-order valence-corrected chi connectivity index (χ2v) is 7.17. The molecular formula is C18H25F3N4O6. The van der Waals surface area contributed by atoms with Crippen LogP contribution in [0.15, 0.2) is 18.2 Å². The molecule has 2 atom stereocenters. The Kier molecular flexibility index (Phi) is 8.98. The normalized spacial score (nSPS) is 21.8. The van der Waals surface area contributed by atoms with Gasteiger partial charge in [-0.25, -0.2) is 4.79 Å². The van der Waals surface area contributed by atoms with E-state index < -0.39 is 18.2 Å². The Balaban J connectivity index is 0.000000423. The van der Waals surface area contributed by atoms with E-state index in [0.717, 1.165) is 45.0 Å². The smallest absolute Gasteiger partial charge is 0.475 e. The first-order valence-electron chi connectivity index (χ1n) is 9.58. The average molecular weight is 450 g/mol. The lowest BCUT2D eigenvalue weighted by Crippen LogP contribution is -2.35. The Morgan fingerprint density at radius 2 is 1.97 bits per heavy atom. The van der Waals surface area contributed by atoms with Crippen LogP contribution in [-0.4, -0.2) is 84.2 Å². The fourth-order valence-corrected chi connectivity index (χ4v) is 3.17. The maximum absolute atomic E-state index is 11.3. The Labute approximate surface area is 176 Å². The first-order valence-corrected chi connectivity index (χ1v) is 9.58. The quantitative estimate of drug-likeness (QED) is 0.370. The number of halogens is 3. The summed E-state index contributed by atoms with van der Waals surface area (Å²) in [6, 6.07) is 5.22. The lowest BCUT2D eigenvalue weighted by Gasteiger charge is -2.26. The molecule has 2 unspecified atom stereocenters. The zero-order valence-electron chi connectivity index (χ0n) is 16.6. The number of benzene rings is 1. The number of morpholine rings is 1. The number of β-amino-alcohol motifs (C(OH)–C–C–N with tert-alkyl or cyclic N) is 1. The molecule has 2 aliphatic rings. The highest BCUT2D eigenvalue weighted by Crippen LogP contribution is 2.27. The standard InChI is InChI=1S/C16H24N4O4.C2HF3O2/c21-16-10-17-8-13(16)9-18-14-7-12(1-2-15(14)20(22)23)11-19-3-5-24-6-4-19;3-2(4,5)1(6)7/h1-2,7,13,16-18,21H,3-6,8-11H2;(H,6,7). The van der Waals surface area contributed by atoms with Gasteiger partial charge >= 0.3 is 12.1 Å². The number of carboxylic acid groups (broad SMARTS) is 1. The van der Waals surface area contributed by atoms with Crippen molar-refractivity contribution in [2.45, 2.75) is 18.8 Å². The van der Waals surface area contributed by atoms with Gasteiger partial charge in [-0.05, 0) is 11.6 Å². The molecule has 0 aromatic heterocycles. The van der Waals surface area contributed by atoms with Crippen molar-refractivity contribution in [1.82, 2.24) is 10.2 Å². The van der Waals surface area contributed by atoms with Crippen LogP contribution in [0.2, 0.25) is 0 Å². The maximum Gasteiger partial charge on any atom is 0.490 e. The highest BCUT2D eigenvalue weighted by molar-refractivity contribution is 5.73. The molecule has 0 radical (unpaired) electrons. The van der Waals surface area contributed by atoms with E-state index >= 15 is 0 Å². The van der Waals surface area contributed by atoms with Gasteiger partial charge in [0.15, 0.2) is 0 Å². The highest BCUT2D eigenvalue weighted by Gasteiger charge is 2.38. The van der Waals surface area contributed by atoms with Gasteiger partial charge in [0, 0.05) is 51.3 Å². The summed E-state index contributed by atoms with van der Waals surface area (Å²) in [5.74, 6) is -2.69. The predicted molar refractivity (Wildman–Crippen MR) is 104 cm³/mol. The van der Waals surface area contributed by atoms with E-state index in [2.05, 4.69) is 15.5 Å². The van der Waals surface area contributed by atoms with Gasteiger partial charge in [-0.3, -0.25) is 15.0 Å². The second-order valence-electron chi connectivity index (χ2n) is 7.17. The van der Waals surface area contributed by atoms with Crippen molar-refractivity contribution >= 4 is 17.3 Å². The van der Waals surface area contributed by atoms with E-state index in [9.17, 15) is 28.4 Å². The summed E-state index contributed by atoms with van der Waals surface area (Å²) in [5.41, 5.74) is 1.63. The molecule has 174 valence electrons. The monoisotopic (exact) mass is 450 g/mol. The Hall–Kier alpha value is -2.48. The van der Waals surface area contributed by atoms with Crippen LogP contribution in [0.25, 0.3) is 0 Å². The van der Waals surface area contributed by atoms with Crippen molar-refractivity contribution in [3.05, 3.63) is 33.9 Å². The van der Waals surface area contributed by atoms with Gasteiger partial charge in [-0.15, -0.1) is 0 Å². The number of nitrogens with zero attached hydrogens (tertiary/aromatic N) is 2. The molecule has 0 aliphatic carbocycles. The first kappa shape index (κ1) is 24.8. The van der Waals surface area contributed by atoms with Crippen LogP contribution in [0.1, 0.15) is 5.56 Å². The molecule has 2 aliphatic heterocycles. The number of hydrogen-bond acceptors (Lipinski definition) is 8. The molecule has 31 heavy (non-hydrogen) atoms. The van der Waals surface area contributed by atoms with Crippen LogP contribution in [0, 0.1) is 16.0 Å². The number of ether oxygens (including phenoxy) is 1. The molecule has 2 fully saturated rings. The van der Waals surface area contributed by atoms with Crippen LogP contribution >= 0.6 is 0 Å². The molecule has 4 N–H and O–H groups in total. The molecule has 1 aromatic carbocycles. The molecule has 2 heterocycles. The Morgan fingerprint density at radius 3 is 2.48 bits per heavy atom. The van der Waals surface area contributed by atoms with Crippen molar-refractivity contribution < 1.29 is 37.8 Å². The van der Waals surface area contributed by atoms with E-state index in [-0.39, 0.29) is 16.5 Å². The van der Waals surface area contributed by atoms with Gasteiger partial charge in [0.1, 0.15) is 5.69 Å². The average Bonchev–Trinajstić information content (AvgIpc) is 3.11. The lowest BCUT2D eigenvalue weighted by atomic mass is 10.1. The van der Waals surface area contributed by atoms with Crippen molar-refractivity contribution in [3.8, 4) is 0 Å². The third-order valence-corrected chi connectivity index (χ3v) is 4.87. The molecule has 0 saturated carbocycles. The summed E-state index contributed by atoms with van der Waals surface area (Å²) in [4.78, 5) is 22.1. The van der Waals surface area contributed by atoms with Gasteiger partial charge in [0.25, 0.3) is 5.69 Å². The number of aliphatic hydroxyl groups excluding tert-OH is 1. The Bertz CT molecular complexity index is 758. The number of carbonyl (C=O) groups is 1. The van der Waals surface area contributed by atoms with Crippen molar-refractivity contribution in [2.75, 3.05) is 51.3 Å². The first-order chi connectivity index (χ1) is 14.6. The minimum atomic E-state index is -5.08. The van der Waals surface area contributed by atoms with E-state index in [1.54, 1.807) is 6.07 Å². The largest absolute Gasteiger partial charge is 0.490 e. The lowest BCUT2D eigenvalue weighted by molar-refractivity contribution is -0.384. The highest BCUT2D eigenvalue weighted by atomic mass is 19.4. The molecular weight excluding hydrogens is 425 g/mol. The summed E-state index contributed by atoms with van der Waals surface area (Å²) in [5, 5.41) is 34.5. The molecule has 0 spiro atoms. The number of carboxylic acids is 1. The van der Waals surface area contributed by atoms with E-state index in [4.69, 9.17) is 14.6 Å². The van der Waals surface area contributed by atoms with Crippen LogP contribution in [0.5, 0.6) is 0 Å². The van der Waals surface area contributed by atoms with Gasteiger partial charge < -0.3 is 25.6 Å². The number of nitrogens with one attached hydrogen (secondary N) is 2. The molecule has 0 bridgehead atoms. The van der Waals surface area contributed by atoms with Crippen LogP contribution < -0.4 is 10.6 Å². The fraction of sp³-hybridized carbons (Fsp3) is 0.611. The summed E-state index contributed by atoms with van der Waals surface area (Å²) in [6.07, 6.45) is -5.49. The zero-order valence-corrected chi connectivity index (χ0v) is 16.6. The number of nitro benzene ring substituents is 1. The zero-order chi connectivity index (χ0) is 23.0. The van der Waals surface area contributed by atoms with Crippen molar-refractivity contribution in [3.63, 3.8) is 0 Å². The maximum atomic E-state index is 11.3. The molecule has 10 nitrogen and oxygen atoms in total. The van der Waals surface area contributed by atoms with Gasteiger partial charge in [0.2, 0.25) is 0 Å². The third-order valence-electron chi connectivity index (χ3n) is 4.87. The molecule has 2 saturated heterocycles. The van der Waals surface area contributed by atoms with Crippen molar-refractivity contribution in [2.24, 2.45) is 5.92 Å². The summed E-state index contributed by atoms with van der Waals surface area (Å²) in [6.45, 7) is 5.76. The minimum Gasteiger partial charge on any atom is -0.475 e. The number of rotatable bonds is 6. The number of aliphatic hydroxyl groups is 1. The second kappa shape index (κ2) is 11.2. The Morgan fingerprint density at radius 1 is 1.32 bits per heavy atom. The minimum absolute atomic E-state index is 0.0625. The number of anilines is 1. The molecule has 3 rings (SSSR count). The summed E-state index contributed by atoms with van der Waals surface area (Å²) in [7, 11) is 0. The van der Waals surface area contributed by atoms with E-state index in [1.807, 2.05) is 12.1 Å². The number of alkyl halides is 3. The topological polar surface area (TPSA) is 137 Å². The number of aliphatic carboxylic acids is 1. The van der Waals surface area contributed by atoms with E-state index in [1.165, 1.54) is 0 Å². The van der Waals surface area contributed by atoms with Gasteiger partial charge in [-0.2, -0.15) is 13.2 Å².